The summed E-state index contributed by atoms with van der Waals surface area (Å²) in [6.45, 7) is 0.934. The van der Waals surface area contributed by atoms with Crippen molar-refractivity contribution in [3.63, 3.8) is 0 Å². The van der Waals surface area contributed by atoms with Gasteiger partial charge in [0.05, 0.1) is 10.5 Å². The van der Waals surface area contributed by atoms with E-state index in [2.05, 4.69) is 26.3 Å². The number of anilines is 1. The summed E-state index contributed by atoms with van der Waals surface area (Å²) in [5.41, 5.74) is 5.62. The van der Waals surface area contributed by atoms with Crippen LogP contribution in [-0.4, -0.2) is 22.2 Å². The Labute approximate surface area is 102 Å². The van der Waals surface area contributed by atoms with Crippen molar-refractivity contribution in [2.24, 2.45) is 11.7 Å². The van der Waals surface area contributed by atoms with Crippen molar-refractivity contribution >= 4 is 27.7 Å². The average molecular weight is 285 g/mol. The lowest BCUT2D eigenvalue weighted by atomic mass is 10.1. The van der Waals surface area contributed by atoms with Crippen LogP contribution in [0, 0.1) is 5.92 Å². The number of hydrogen-bond donors (Lipinski definition) is 2. The lowest BCUT2D eigenvalue weighted by Gasteiger charge is -2.25. The van der Waals surface area contributed by atoms with Gasteiger partial charge in [0.15, 0.2) is 5.69 Å². The fourth-order valence-corrected chi connectivity index (χ4v) is 2.94. The number of nitrogens with zero attached hydrogens (tertiary/aromatic N) is 2. The number of carbonyl (C=O) groups excluding carboxylic acids is 1. The molecule has 3 N–H and O–H groups in total. The quantitative estimate of drug-likeness (QED) is 0.865. The summed E-state index contributed by atoms with van der Waals surface area (Å²) in [4.78, 5) is 11.2. The maximum Gasteiger partial charge on any atom is 0.270 e. The maximum absolute atomic E-state index is 11.2. The number of aromatic nitrogens is 2. The molecule has 1 atom stereocenters. The van der Waals surface area contributed by atoms with Gasteiger partial charge < -0.3 is 11.1 Å². The third-order valence-electron chi connectivity index (χ3n) is 3.30. The number of nitrogens with two attached hydrogens (primary N) is 1. The minimum absolute atomic E-state index is 0.329. The number of carbonyl (C=O) groups is 1. The fourth-order valence-electron chi connectivity index (χ4n) is 2.35. The molecule has 5 nitrogen and oxygen atoms in total. The SMILES string of the molecule is NC(=O)c1nn2c(c1Br)NCCC2C1CC1. The van der Waals surface area contributed by atoms with E-state index in [-0.39, 0.29) is 0 Å². The Hall–Kier alpha value is -1.04. The molecule has 1 amide bonds. The highest BCUT2D eigenvalue weighted by Crippen LogP contribution is 2.45. The van der Waals surface area contributed by atoms with Crippen LogP contribution in [0.2, 0.25) is 0 Å². The molecular formula is C10H13BrN4O. The van der Waals surface area contributed by atoms with E-state index in [9.17, 15) is 4.79 Å². The van der Waals surface area contributed by atoms with E-state index < -0.39 is 5.91 Å². The van der Waals surface area contributed by atoms with Gasteiger partial charge in [-0.15, -0.1) is 0 Å². The van der Waals surface area contributed by atoms with E-state index >= 15 is 0 Å². The van der Waals surface area contributed by atoms with Gasteiger partial charge >= 0.3 is 0 Å². The van der Waals surface area contributed by atoms with Crippen molar-refractivity contribution in [2.75, 3.05) is 11.9 Å². The minimum Gasteiger partial charge on any atom is -0.369 e. The molecule has 1 aromatic rings. The molecule has 3 rings (SSSR count). The van der Waals surface area contributed by atoms with Gasteiger partial charge in [0.2, 0.25) is 0 Å². The predicted molar refractivity (Wildman–Crippen MR) is 63.3 cm³/mol. The summed E-state index contributed by atoms with van der Waals surface area (Å²) in [6, 6.07) is 0.431. The molecule has 0 aromatic carbocycles. The van der Waals surface area contributed by atoms with E-state index in [1.165, 1.54) is 12.8 Å². The Balaban J connectivity index is 2.06. The number of fused-ring (bicyclic) bond motifs is 1. The van der Waals surface area contributed by atoms with E-state index in [0.717, 1.165) is 24.7 Å². The summed E-state index contributed by atoms with van der Waals surface area (Å²) in [7, 11) is 0. The van der Waals surface area contributed by atoms with Gasteiger partial charge in [-0.2, -0.15) is 5.10 Å². The van der Waals surface area contributed by atoms with Crippen LogP contribution in [0.5, 0.6) is 0 Å². The molecule has 16 heavy (non-hydrogen) atoms. The van der Waals surface area contributed by atoms with Crippen LogP contribution in [0.15, 0.2) is 4.47 Å². The van der Waals surface area contributed by atoms with Crippen molar-refractivity contribution in [1.82, 2.24) is 9.78 Å². The first kappa shape index (κ1) is 10.1. The normalized spacial score (nSPS) is 23.7. The van der Waals surface area contributed by atoms with Crippen LogP contribution >= 0.6 is 15.9 Å². The number of halogens is 1. The first-order valence-corrected chi connectivity index (χ1v) is 6.29. The number of primary amides is 1. The van der Waals surface area contributed by atoms with Crippen LogP contribution in [0.3, 0.4) is 0 Å². The molecule has 6 heteroatoms. The molecule has 2 heterocycles. The van der Waals surface area contributed by atoms with Crippen LogP contribution in [0.25, 0.3) is 0 Å². The highest BCUT2D eigenvalue weighted by atomic mass is 79.9. The smallest absolute Gasteiger partial charge is 0.270 e. The zero-order valence-electron chi connectivity index (χ0n) is 8.74. The molecule has 2 aliphatic rings. The van der Waals surface area contributed by atoms with Gasteiger partial charge in [0.25, 0.3) is 5.91 Å². The molecule has 0 saturated heterocycles. The molecule has 1 fully saturated rings. The second kappa shape index (κ2) is 3.48. The first-order valence-electron chi connectivity index (χ1n) is 5.50. The van der Waals surface area contributed by atoms with Crippen LogP contribution in [0.1, 0.15) is 35.8 Å². The number of hydrogen-bond acceptors (Lipinski definition) is 3. The van der Waals surface area contributed by atoms with E-state index in [4.69, 9.17) is 5.73 Å². The van der Waals surface area contributed by atoms with Crippen LogP contribution in [-0.2, 0) is 0 Å². The third-order valence-corrected chi connectivity index (χ3v) is 4.05. The van der Waals surface area contributed by atoms with Crippen molar-refractivity contribution in [2.45, 2.75) is 25.3 Å². The molecule has 86 valence electrons. The monoisotopic (exact) mass is 284 g/mol. The summed E-state index contributed by atoms with van der Waals surface area (Å²) in [5, 5.41) is 7.59. The molecule has 0 radical (unpaired) electrons. The van der Waals surface area contributed by atoms with Gasteiger partial charge in [-0.3, -0.25) is 4.79 Å². The van der Waals surface area contributed by atoms with Crippen molar-refractivity contribution in [3.8, 4) is 0 Å². The summed E-state index contributed by atoms with van der Waals surface area (Å²) in [6.07, 6.45) is 3.62. The van der Waals surface area contributed by atoms with Crippen molar-refractivity contribution in [1.29, 1.82) is 0 Å². The number of rotatable bonds is 2. The number of amides is 1. The van der Waals surface area contributed by atoms with E-state index in [0.29, 0.717) is 16.2 Å². The van der Waals surface area contributed by atoms with E-state index in [1.54, 1.807) is 0 Å². The average Bonchev–Trinajstić information content (AvgIpc) is 3.03. The molecule has 1 aliphatic heterocycles. The fraction of sp³-hybridized carbons (Fsp3) is 0.600. The summed E-state index contributed by atoms with van der Waals surface area (Å²) < 4.78 is 2.64. The standard InChI is InChI=1S/C10H13BrN4O/c11-7-8(9(12)16)14-15-6(5-1-2-5)3-4-13-10(7)15/h5-6,13H,1-4H2,(H2,12,16). The van der Waals surface area contributed by atoms with E-state index in [1.807, 2.05) is 4.68 Å². The molecule has 1 aliphatic carbocycles. The zero-order chi connectivity index (χ0) is 11.3. The Kier molecular flexibility index (Phi) is 2.20. The molecular weight excluding hydrogens is 272 g/mol. The highest BCUT2D eigenvalue weighted by molar-refractivity contribution is 9.10. The van der Waals surface area contributed by atoms with Gasteiger partial charge in [-0.25, -0.2) is 4.68 Å². The predicted octanol–water partition coefficient (Wildman–Crippen LogP) is 1.51. The Morgan fingerprint density at radius 1 is 1.50 bits per heavy atom. The minimum atomic E-state index is -0.481. The van der Waals surface area contributed by atoms with Gasteiger partial charge in [-0.1, -0.05) is 0 Å². The third kappa shape index (κ3) is 1.43. The lowest BCUT2D eigenvalue weighted by molar-refractivity contribution is 0.0993. The number of nitrogens with one attached hydrogen (secondary N) is 1. The molecule has 1 saturated carbocycles. The van der Waals surface area contributed by atoms with Gasteiger partial charge in [-0.05, 0) is 41.1 Å². The molecule has 0 bridgehead atoms. The first-order chi connectivity index (χ1) is 7.68. The zero-order valence-corrected chi connectivity index (χ0v) is 10.3. The maximum atomic E-state index is 11.2. The Morgan fingerprint density at radius 3 is 2.88 bits per heavy atom. The van der Waals surface area contributed by atoms with Gasteiger partial charge in [0.1, 0.15) is 5.82 Å². The summed E-state index contributed by atoms with van der Waals surface area (Å²) >= 11 is 3.39. The van der Waals surface area contributed by atoms with Crippen LogP contribution < -0.4 is 11.1 Å². The Bertz CT molecular complexity index is 452. The largest absolute Gasteiger partial charge is 0.369 e. The topological polar surface area (TPSA) is 72.9 Å². The van der Waals surface area contributed by atoms with Crippen LogP contribution in [0.4, 0.5) is 5.82 Å². The molecule has 1 unspecified atom stereocenters. The molecule has 0 spiro atoms. The highest BCUT2D eigenvalue weighted by Gasteiger charge is 2.37. The second-order valence-electron chi connectivity index (χ2n) is 4.44. The Morgan fingerprint density at radius 2 is 2.25 bits per heavy atom. The van der Waals surface area contributed by atoms with Gasteiger partial charge in [0, 0.05) is 6.54 Å². The second-order valence-corrected chi connectivity index (χ2v) is 5.23. The lowest BCUT2D eigenvalue weighted by Crippen LogP contribution is -2.25. The van der Waals surface area contributed by atoms with Crippen molar-refractivity contribution in [3.05, 3.63) is 10.2 Å². The summed E-state index contributed by atoms with van der Waals surface area (Å²) in [5.74, 6) is 1.15. The van der Waals surface area contributed by atoms with Crippen molar-refractivity contribution < 1.29 is 4.79 Å². The molecule has 1 aromatic heterocycles.